The Labute approximate surface area is 66.0 Å². The van der Waals surface area contributed by atoms with Gasteiger partial charge in [0.1, 0.15) is 0 Å². The Morgan fingerprint density at radius 2 is 1.91 bits per heavy atom. The Balaban J connectivity index is 2.66. The highest BCUT2D eigenvalue weighted by Crippen LogP contribution is 2.09. The van der Waals surface area contributed by atoms with Gasteiger partial charge in [-0.3, -0.25) is 0 Å². The molecule has 0 saturated heterocycles. The number of halogens is 3. The van der Waals surface area contributed by atoms with Crippen LogP contribution in [0.3, 0.4) is 0 Å². The summed E-state index contributed by atoms with van der Waals surface area (Å²) in [6.07, 6.45) is 2.35. The second-order valence-corrected chi connectivity index (χ2v) is 2.00. The molecule has 1 heterocycles. The summed E-state index contributed by atoms with van der Waals surface area (Å²) in [5, 5.41) is 0.270. The normalized spacial score (nSPS) is 10.2. The zero-order valence-corrected chi connectivity index (χ0v) is 5.92. The first-order chi connectivity index (χ1) is 5.18. The maximum atomic E-state index is 11.5. The first-order valence-corrected chi connectivity index (χ1v) is 2.98. The van der Waals surface area contributed by atoms with Crippen LogP contribution in [0.1, 0.15) is 0 Å². The second-order valence-electron chi connectivity index (χ2n) is 1.56. The minimum absolute atomic E-state index is 0.270. The van der Waals surface area contributed by atoms with Gasteiger partial charge in [-0.25, -0.2) is 9.97 Å². The fourth-order valence-corrected chi connectivity index (χ4v) is 0.539. The van der Waals surface area contributed by atoms with E-state index < -0.39 is 6.61 Å². The van der Waals surface area contributed by atoms with Crippen LogP contribution in [0.5, 0.6) is 6.01 Å². The van der Waals surface area contributed by atoms with Crippen molar-refractivity contribution in [1.29, 1.82) is 0 Å². The number of aromatic nitrogens is 2. The fraction of sp³-hybridized carbons (Fsp3) is 0.200. The van der Waals surface area contributed by atoms with E-state index in [2.05, 4.69) is 14.7 Å². The Kier molecular flexibility index (Phi) is 2.53. The molecule has 0 bridgehead atoms. The predicted octanol–water partition coefficient (Wildman–Crippen LogP) is 1.73. The minimum Gasteiger partial charge on any atom is -0.401 e. The summed E-state index contributed by atoms with van der Waals surface area (Å²) in [5.74, 6) is 0. The maximum absolute atomic E-state index is 11.5. The molecule has 0 aliphatic carbocycles. The Hall–Kier alpha value is -0.970. The minimum atomic E-state index is -2.91. The number of ether oxygens (including phenoxy) is 1. The lowest BCUT2D eigenvalue weighted by Crippen LogP contribution is -2.04. The van der Waals surface area contributed by atoms with Gasteiger partial charge in [0.15, 0.2) is 0 Å². The first-order valence-electron chi connectivity index (χ1n) is 2.61. The van der Waals surface area contributed by atoms with Crippen molar-refractivity contribution < 1.29 is 13.5 Å². The van der Waals surface area contributed by atoms with E-state index in [1.807, 2.05) is 0 Å². The predicted molar refractivity (Wildman–Crippen MR) is 33.7 cm³/mol. The molecule has 3 nitrogen and oxygen atoms in total. The molecule has 6 heteroatoms. The van der Waals surface area contributed by atoms with E-state index in [1.54, 1.807) is 0 Å². The number of hydrogen-bond acceptors (Lipinski definition) is 3. The van der Waals surface area contributed by atoms with Crippen LogP contribution in [-0.2, 0) is 0 Å². The van der Waals surface area contributed by atoms with Gasteiger partial charge < -0.3 is 4.74 Å². The number of alkyl halides is 2. The van der Waals surface area contributed by atoms with E-state index in [4.69, 9.17) is 11.6 Å². The standard InChI is InChI=1S/C5H3ClF2N2O/c6-3-1-9-5(10-2-3)11-4(7)8/h1-2,4H. The van der Waals surface area contributed by atoms with Gasteiger partial charge in [-0.05, 0) is 0 Å². The van der Waals surface area contributed by atoms with Gasteiger partial charge in [-0.2, -0.15) is 8.78 Å². The van der Waals surface area contributed by atoms with Crippen LogP contribution in [-0.4, -0.2) is 16.6 Å². The van der Waals surface area contributed by atoms with Crippen LogP contribution in [0.2, 0.25) is 5.02 Å². The summed E-state index contributed by atoms with van der Waals surface area (Å²) in [4.78, 5) is 6.75. The quantitative estimate of drug-likeness (QED) is 0.695. The highest BCUT2D eigenvalue weighted by atomic mass is 35.5. The van der Waals surface area contributed by atoms with Gasteiger partial charge in [0, 0.05) is 0 Å². The molecule has 0 aliphatic rings. The van der Waals surface area contributed by atoms with Crippen molar-refractivity contribution in [3.05, 3.63) is 17.4 Å². The average Bonchev–Trinajstić information content (AvgIpc) is 1.93. The van der Waals surface area contributed by atoms with Crippen molar-refractivity contribution in [2.45, 2.75) is 6.61 Å². The fourth-order valence-electron chi connectivity index (χ4n) is 0.441. The lowest BCUT2D eigenvalue weighted by molar-refractivity contribution is -0.0560. The Morgan fingerprint density at radius 1 is 1.36 bits per heavy atom. The highest BCUT2D eigenvalue weighted by molar-refractivity contribution is 6.30. The molecule has 1 aromatic heterocycles. The lowest BCUT2D eigenvalue weighted by Gasteiger charge is -1.99. The van der Waals surface area contributed by atoms with Crippen LogP contribution in [0, 0.1) is 0 Å². The van der Waals surface area contributed by atoms with Gasteiger partial charge >= 0.3 is 12.6 Å². The van der Waals surface area contributed by atoms with Gasteiger partial charge in [-0.15, -0.1) is 0 Å². The summed E-state index contributed by atoms with van der Waals surface area (Å²) < 4.78 is 26.8. The van der Waals surface area contributed by atoms with E-state index in [-0.39, 0.29) is 11.0 Å². The van der Waals surface area contributed by atoms with Crippen molar-refractivity contribution in [3.63, 3.8) is 0 Å². The molecule has 0 unspecified atom stereocenters. The van der Waals surface area contributed by atoms with Crippen LogP contribution < -0.4 is 4.74 Å². The molecule has 0 saturated carbocycles. The maximum Gasteiger partial charge on any atom is 0.389 e. The van der Waals surface area contributed by atoms with Crippen LogP contribution in [0.25, 0.3) is 0 Å². The summed E-state index contributed by atoms with van der Waals surface area (Å²) >= 11 is 5.38. The molecule has 0 N–H and O–H groups in total. The zero-order chi connectivity index (χ0) is 8.27. The molecule has 60 valence electrons. The van der Waals surface area contributed by atoms with Crippen molar-refractivity contribution in [1.82, 2.24) is 9.97 Å². The monoisotopic (exact) mass is 180 g/mol. The third-order valence-electron chi connectivity index (χ3n) is 0.791. The van der Waals surface area contributed by atoms with Crippen molar-refractivity contribution in [3.8, 4) is 6.01 Å². The third-order valence-corrected chi connectivity index (χ3v) is 0.986. The van der Waals surface area contributed by atoms with Crippen LogP contribution >= 0.6 is 11.6 Å². The number of hydrogen-bond donors (Lipinski definition) is 0. The summed E-state index contributed by atoms with van der Waals surface area (Å²) in [7, 11) is 0. The largest absolute Gasteiger partial charge is 0.401 e. The van der Waals surface area contributed by atoms with Gasteiger partial charge in [0.2, 0.25) is 0 Å². The molecular weight excluding hydrogens is 178 g/mol. The van der Waals surface area contributed by atoms with Crippen molar-refractivity contribution >= 4 is 11.6 Å². The molecular formula is C5H3ClF2N2O. The second kappa shape index (κ2) is 3.43. The molecule has 0 radical (unpaired) electrons. The number of rotatable bonds is 2. The molecule has 0 spiro atoms. The van der Waals surface area contributed by atoms with E-state index in [9.17, 15) is 8.78 Å². The average molecular weight is 181 g/mol. The zero-order valence-electron chi connectivity index (χ0n) is 5.17. The molecule has 1 rings (SSSR count). The molecule has 0 aromatic carbocycles. The third kappa shape index (κ3) is 2.63. The molecule has 0 amide bonds. The molecule has 11 heavy (non-hydrogen) atoms. The van der Waals surface area contributed by atoms with Crippen LogP contribution in [0.15, 0.2) is 12.4 Å². The molecule has 0 atom stereocenters. The Bertz CT molecular complexity index is 228. The van der Waals surface area contributed by atoms with Gasteiger partial charge in [0.25, 0.3) is 0 Å². The van der Waals surface area contributed by atoms with Crippen molar-refractivity contribution in [2.24, 2.45) is 0 Å². The van der Waals surface area contributed by atoms with E-state index in [1.165, 1.54) is 12.4 Å². The topological polar surface area (TPSA) is 35.0 Å². The first kappa shape index (κ1) is 8.13. The van der Waals surface area contributed by atoms with Crippen molar-refractivity contribution in [2.75, 3.05) is 0 Å². The van der Waals surface area contributed by atoms with E-state index in [0.717, 1.165) is 0 Å². The summed E-state index contributed by atoms with van der Waals surface area (Å²) in [6, 6.07) is -0.385. The molecule has 1 aromatic rings. The summed E-state index contributed by atoms with van der Waals surface area (Å²) in [5.41, 5.74) is 0. The van der Waals surface area contributed by atoms with Gasteiger partial charge in [0.05, 0.1) is 17.4 Å². The molecule has 0 fully saturated rings. The smallest absolute Gasteiger partial charge is 0.389 e. The van der Waals surface area contributed by atoms with E-state index >= 15 is 0 Å². The lowest BCUT2D eigenvalue weighted by atomic mass is 10.7. The number of nitrogens with zero attached hydrogens (tertiary/aromatic N) is 2. The van der Waals surface area contributed by atoms with Crippen LogP contribution in [0.4, 0.5) is 8.78 Å². The molecule has 0 aliphatic heterocycles. The van der Waals surface area contributed by atoms with Gasteiger partial charge in [-0.1, -0.05) is 11.6 Å². The Morgan fingerprint density at radius 3 is 2.36 bits per heavy atom. The highest BCUT2D eigenvalue weighted by Gasteiger charge is 2.05. The SMILES string of the molecule is FC(F)Oc1ncc(Cl)cn1. The summed E-state index contributed by atoms with van der Waals surface area (Å²) in [6.45, 7) is -2.91. The van der Waals surface area contributed by atoms with E-state index in [0.29, 0.717) is 0 Å².